The van der Waals surface area contributed by atoms with Crippen LogP contribution in [0.15, 0.2) is 61.4 Å². The predicted octanol–water partition coefficient (Wildman–Crippen LogP) is 2.77. The number of ether oxygens (including phenoxy) is 1. The highest BCUT2D eigenvalue weighted by molar-refractivity contribution is 6.02. The fourth-order valence-electron chi connectivity index (χ4n) is 2.07. The van der Waals surface area contributed by atoms with E-state index in [0.29, 0.717) is 11.3 Å². The molecule has 6 heteroatoms. The van der Waals surface area contributed by atoms with Gasteiger partial charge in [0.25, 0.3) is 0 Å². The standard InChI is InChI=1S/C15H11NO5/c17-15-20-9-11(21-15)8-19-14-6-5-10-3-1-2-4-12(10)13(14)7-16-18/h1-7,9,18H,8H2. The molecule has 0 atom stereocenters. The molecule has 0 radical (unpaired) electrons. The van der Waals surface area contributed by atoms with Crippen LogP contribution in [0.25, 0.3) is 10.8 Å². The topological polar surface area (TPSA) is 85.2 Å². The molecule has 0 aliphatic heterocycles. The first-order valence-electron chi connectivity index (χ1n) is 6.17. The van der Waals surface area contributed by atoms with Gasteiger partial charge in [0.15, 0.2) is 5.76 Å². The number of oxime groups is 1. The van der Waals surface area contributed by atoms with Crippen molar-refractivity contribution in [1.29, 1.82) is 0 Å². The maximum Gasteiger partial charge on any atom is 0.518 e. The van der Waals surface area contributed by atoms with Crippen molar-refractivity contribution in [3.63, 3.8) is 0 Å². The number of benzene rings is 2. The van der Waals surface area contributed by atoms with Gasteiger partial charge in [-0.1, -0.05) is 35.5 Å². The summed E-state index contributed by atoms with van der Waals surface area (Å²) >= 11 is 0. The van der Waals surface area contributed by atoms with Crippen LogP contribution in [0.5, 0.6) is 5.75 Å². The lowest BCUT2D eigenvalue weighted by Gasteiger charge is -2.10. The highest BCUT2D eigenvalue weighted by Gasteiger charge is 2.09. The van der Waals surface area contributed by atoms with Gasteiger partial charge in [-0.25, -0.2) is 4.79 Å². The van der Waals surface area contributed by atoms with Crippen LogP contribution in [-0.2, 0) is 6.61 Å². The Bertz CT molecular complexity index is 846. The molecule has 0 fully saturated rings. The molecule has 0 aliphatic rings. The van der Waals surface area contributed by atoms with Gasteiger partial charge in [-0.2, -0.15) is 0 Å². The molecular weight excluding hydrogens is 274 g/mol. The van der Waals surface area contributed by atoms with Crippen molar-refractivity contribution < 1.29 is 18.8 Å². The summed E-state index contributed by atoms with van der Waals surface area (Å²) < 4.78 is 14.9. The minimum absolute atomic E-state index is 0.0380. The summed E-state index contributed by atoms with van der Waals surface area (Å²) in [5.74, 6) is 0.0136. The van der Waals surface area contributed by atoms with Gasteiger partial charge in [-0.3, -0.25) is 0 Å². The fourth-order valence-corrected chi connectivity index (χ4v) is 2.07. The van der Waals surface area contributed by atoms with Crippen molar-refractivity contribution in [1.82, 2.24) is 0 Å². The SMILES string of the molecule is O=c1occ(COc2ccc3ccccc3c2C=NO)o1. The van der Waals surface area contributed by atoms with Crippen molar-refractivity contribution in [2.45, 2.75) is 6.61 Å². The normalized spacial score (nSPS) is 11.2. The lowest BCUT2D eigenvalue weighted by Crippen LogP contribution is -1.99. The van der Waals surface area contributed by atoms with Gasteiger partial charge in [-0.15, -0.1) is 0 Å². The van der Waals surface area contributed by atoms with Crippen molar-refractivity contribution in [2.24, 2.45) is 5.16 Å². The van der Waals surface area contributed by atoms with Gasteiger partial charge >= 0.3 is 5.82 Å². The molecule has 0 spiro atoms. The first-order valence-corrected chi connectivity index (χ1v) is 6.17. The van der Waals surface area contributed by atoms with Crippen LogP contribution in [0, 0.1) is 0 Å². The van der Waals surface area contributed by atoms with E-state index in [1.54, 1.807) is 6.07 Å². The number of rotatable bonds is 4. The summed E-state index contributed by atoms with van der Waals surface area (Å²) in [5, 5.41) is 13.8. The largest absolute Gasteiger partial charge is 0.518 e. The molecule has 0 amide bonds. The monoisotopic (exact) mass is 285 g/mol. The zero-order valence-corrected chi connectivity index (χ0v) is 10.9. The quantitative estimate of drug-likeness (QED) is 0.452. The fraction of sp³-hybridized carbons (Fsp3) is 0.0667. The van der Waals surface area contributed by atoms with E-state index in [2.05, 4.69) is 9.57 Å². The zero-order valence-electron chi connectivity index (χ0n) is 10.9. The first kappa shape index (κ1) is 13.0. The summed E-state index contributed by atoms with van der Waals surface area (Å²) in [6, 6.07) is 11.3. The first-order chi connectivity index (χ1) is 10.3. The second-order valence-electron chi connectivity index (χ2n) is 4.29. The second-order valence-corrected chi connectivity index (χ2v) is 4.29. The van der Waals surface area contributed by atoms with E-state index in [1.165, 1.54) is 12.5 Å². The van der Waals surface area contributed by atoms with Crippen LogP contribution < -0.4 is 10.6 Å². The van der Waals surface area contributed by atoms with E-state index < -0.39 is 5.82 Å². The maximum atomic E-state index is 10.8. The average Bonchev–Trinajstić information content (AvgIpc) is 2.92. The van der Waals surface area contributed by atoms with Gasteiger partial charge in [0, 0.05) is 5.56 Å². The van der Waals surface area contributed by atoms with Crippen molar-refractivity contribution in [2.75, 3.05) is 0 Å². The van der Waals surface area contributed by atoms with E-state index in [-0.39, 0.29) is 12.4 Å². The molecule has 106 valence electrons. The Hall–Kier alpha value is -3.02. The lowest BCUT2D eigenvalue weighted by atomic mass is 10.0. The minimum Gasteiger partial charge on any atom is -0.485 e. The summed E-state index contributed by atoms with van der Waals surface area (Å²) in [5.41, 5.74) is 0.640. The van der Waals surface area contributed by atoms with E-state index >= 15 is 0 Å². The third kappa shape index (κ3) is 2.64. The molecule has 3 aromatic rings. The molecule has 1 aromatic heterocycles. The Morgan fingerprint density at radius 1 is 1.24 bits per heavy atom. The third-order valence-corrected chi connectivity index (χ3v) is 2.99. The van der Waals surface area contributed by atoms with Crippen LogP contribution >= 0.6 is 0 Å². The van der Waals surface area contributed by atoms with Crippen molar-refractivity contribution >= 4 is 17.0 Å². The van der Waals surface area contributed by atoms with E-state index in [4.69, 9.17) is 14.4 Å². The molecule has 21 heavy (non-hydrogen) atoms. The summed E-state index contributed by atoms with van der Waals surface area (Å²) in [6.07, 6.45) is 2.51. The van der Waals surface area contributed by atoms with Gasteiger partial charge in [0.2, 0.25) is 0 Å². The van der Waals surface area contributed by atoms with Crippen LogP contribution in [0.2, 0.25) is 0 Å². The predicted molar refractivity (Wildman–Crippen MR) is 74.9 cm³/mol. The molecule has 0 aliphatic carbocycles. The molecule has 0 saturated carbocycles. The molecule has 1 N–H and O–H groups in total. The van der Waals surface area contributed by atoms with Crippen LogP contribution in [0.1, 0.15) is 11.3 Å². The maximum absolute atomic E-state index is 10.8. The number of fused-ring (bicyclic) bond motifs is 1. The Kier molecular flexibility index (Phi) is 3.42. The number of nitrogens with zero attached hydrogens (tertiary/aromatic N) is 1. The van der Waals surface area contributed by atoms with Crippen LogP contribution in [0.4, 0.5) is 0 Å². The Morgan fingerprint density at radius 2 is 2.10 bits per heavy atom. The Balaban J connectivity index is 1.97. The van der Waals surface area contributed by atoms with E-state index in [1.807, 2.05) is 30.3 Å². The van der Waals surface area contributed by atoms with Crippen molar-refractivity contribution in [3.05, 3.63) is 64.6 Å². The molecular formula is C15H11NO5. The highest BCUT2D eigenvalue weighted by atomic mass is 16.6. The molecule has 3 rings (SSSR count). The van der Waals surface area contributed by atoms with Crippen LogP contribution in [-0.4, -0.2) is 11.4 Å². The molecule has 0 bridgehead atoms. The van der Waals surface area contributed by atoms with E-state index in [0.717, 1.165) is 10.8 Å². The van der Waals surface area contributed by atoms with Gasteiger partial charge in [0.05, 0.1) is 6.21 Å². The molecule has 2 aromatic carbocycles. The molecule has 6 nitrogen and oxygen atoms in total. The highest BCUT2D eigenvalue weighted by Crippen LogP contribution is 2.27. The lowest BCUT2D eigenvalue weighted by molar-refractivity contribution is 0.262. The number of hydrogen-bond donors (Lipinski definition) is 1. The van der Waals surface area contributed by atoms with E-state index in [9.17, 15) is 4.79 Å². The van der Waals surface area contributed by atoms with Gasteiger partial charge < -0.3 is 18.8 Å². The Morgan fingerprint density at radius 3 is 2.86 bits per heavy atom. The number of hydrogen-bond acceptors (Lipinski definition) is 6. The van der Waals surface area contributed by atoms with Crippen LogP contribution in [0.3, 0.4) is 0 Å². The molecule has 1 heterocycles. The smallest absolute Gasteiger partial charge is 0.485 e. The summed E-state index contributed by atoms with van der Waals surface area (Å²) in [6.45, 7) is 0.0380. The second kappa shape index (κ2) is 5.54. The molecule has 0 saturated heterocycles. The van der Waals surface area contributed by atoms with Crippen molar-refractivity contribution in [3.8, 4) is 5.75 Å². The molecule has 0 unspecified atom stereocenters. The summed E-state index contributed by atoms with van der Waals surface area (Å²) in [7, 11) is 0. The Labute approximate surface area is 118 Å². The minimum atomic E-state index is -0.774. The van der Waals surface area contributed by atoms with Gasteiger partial charge in [0.1, 0.15) is 18.6 Å². The van der Waals surface area contributed by atoms with Gasteiger partial charge in [-0.05, 0) is 16.8 Å². The average molecular weight is 285 g/mol. The zero-order chi connectivity index (χ0) is 14.7. The summed E-state index contributed by atoms with van der Waals surface area (Å²) in [4.78, 5) is 10.8. The third-order valence-electron chi connectivity index (χ3n) is 2.99.